The van der Waals surface area contributed by atoms with E-state index in [4.69, 9.17) is 35.6 Å². The standard InChI is InChI=1S/C49H59N13O8/c1-9-61-36(23-29(3)56-61)44(65)54-46-52-34-25-32(42(50)63)27-38(68-8)40(34)59(46)18-12-13-19-60-41-35(53-47(60)55-45(66)37-24-30(4)57-62(37)10-2)26-33(43(51)64)28-39(41)69-22-14-11-15-31-16-20-58(21-17-31)48(67)70-49(5,6)7/h12-13,23-28,31H,9-10,15-22H2,1-8H3,(H2,50,63)(H2,51,64)(H,52,54,65)(H,53,55,66)/b13-12+. The summed E-state index contributed by atoms with van der Waals surface area (Å²) in [7, 11) is 1.45. The highest BCUT2D eigenvalue weighted by Gasteiger charge is 2.27. The fourth-order valence-corrected chi connectivity index (χ4v) is 8.21. The number of ether oxygens (including phenoxy) is 3. The third-order valence-corrected chi connectivity index (χ3v) is 11.5. The summed E-state index contributed by atoms with van der Waals surface area (Å²) in [5.41, 5.74) is 14.8. The maximum absolute atomic E-state index is 13.9. The van der Waals surface area contributed by atoms with Gasteiger partial charge in [-0.3, -0.25) is 39.2 Å². The number of hydrogen-bond donors (Lipinski definition) is 4. The van der Waals surface area contributed by atoms with Gasteiger partial charge in [-0.2, -0.15) is 10.2 Å². The lowest BCUT2D eigenvalue weighted by Crippen LogP contribution is -2.41. The van der Waals surface area contributed by atoms with E-state index in [2.05, 4.69) is 32.7 Å². The minimum Gasteiger partial charge on any atom is -0.494 e. The van der Waals surface area contributed by atoms with Gasteiger partial charge in [0.2, 0.25) is 23.7 Å². The van der Waals surface area contributed by atoms with Gasteiger partial charge < -0.3 is 39.7 Å². The van der Waals surface area contributed by atoms with Crippen molar-refractivity contribution in [3.05, 3.63) is 82.5 Å². The Morgan fingerprint density at radius 3 is 1.69 bits per heavy atom. The summed E-state index contributed by atoms with van der Waals surface area (Å²) in [5, 5.41) is 14.7. The normalized spacial score (nSPS) is 13.1. The molecule has 7 rings (SSSR count). The minimum absolute atomic E-state index is 0.0359. The van der Waals surface area contributed by atoms with E-state index < -0.39 is 29.2 Å². The second kappa shape index (κ2) is 21.0. The molecule has 4 aromatic heterocycles. The van der Waals surface area contributed by atoms with E-state index in [1.807, 2.05) is 46.8 Å². The van der Waals surface area contributed by atoms with Crippen molar-refractivity contribution in [1.29, 1.82) is 0 Å². The number of nitrogens with two attached hydrogens (primary N) is 2. The number of rotatable bonds is 16. The van der Waals surface area contributed by atoms with Gasteiger partial charge in [0.15, 0.2) is 0 Å². The lowest BCUT2D eigenvalue weighted by molar-refractivity contribution is 0.0185. The number of carbonyl (C=O) groups is 5. The number of piperidine rings is 1. The Balaban J connectivity index is 1.20. The molecule has 6 N–H and O–H groups in total. The number of aromatic nitrogens is 8. The predicted octanol–water partition coefficient (Wildman–Crippen LogP) is 5.82. The maximum atomic E-state index is 13.9. The van der Waals surface area contributed by atoms with Crippen molar-refractivity contribution in [1.82, 2.24) is 43.6 Å². The van der Waals surface area contributed by atoms with Gasteiger partial charge in [0.05, 0.1) is 29.5 Å². The van der Waals surface area contributed by atoms with Crippen molar-refractivity contribution in [2.24, 2.45) is 17.4 Å². The van der Waals surface area contributed by atoms with Crippen LogP contribution in [-0.4, -0.2) is 106 Å². The smallest absolute Gasteiger partial charge is 0.410 e. The number of aryl methyl sites for hydroxylation is 4. The molecule has 5 amide bonds. The first-order valence-electron chi connectivity index (χ1n) is 23.0. The Kier molecular flexibility index (Phi) is 14.9. The minimum atomic E-state index is -0.707. The van der Waals surface area contributed by atoms with Gasteiger partial charge in [-0.05, 0) is 104 Å². The van der Waals surface area contributed by atoms with Gasteiger partial charge in [-0.1, -0.05) is 24.0 Å². The third-order valence-electron chi connectivity index (χ3n) is 11.5. The Hall–Kier alpha value is -8.15. The van der Waals surface area contributed by atoms with E-state index in [-0.39, 0.29) is 54.6 Å². The van der Waals surface area contributed by atoms with Crippen molar-refractivity contribution in [3.63, 3.8) is 0 Å². The summed E-state index contributed by atoms with van der Waals surface area (Å²) in [6, 6.07) is 9.44. The number of allylic oxidation sites excluding steroid dienone is 2. The van der Waals surface area contributed by atoms with Crippen LogP contribution in [0.2, 0.25) is 0 Å². The summed E-state index contributed by atoms with van der Waals surface area (Å²) in [6.45, 7) is 15.2. The third kappa shape index (κ3) is 11.2. The van der Waals surface area contributed by atoms with Gasteiger partial charge in [0.1, 0.15) is 46.1 Å². The molecule has 1 aliphatic rings. The van der Waals surface area contributed by atoms with Crippen molar-refractivity contribution >= 4 is 63.7 Å². The average molecular weight is 958 g/mol. The molecule has 21 heteroatoms. The topological polar surface area (TPSA) is 264 Å². The summed E-state index contributed by atoms with van der Waals surface area (Å²) >= 11 is 0. The van der Waals surface area contributed by atoms with Gasteiger partial charge in [-0.15, -0.1) is 0 Å². The number of likely N-dealkylation sites (tertiary alicyclic amines) is 1. The number of fused-ring (bicyclic) bond motifs is 2. The molecule has 0 spiro atoms. The summed E-state index contributed by atoms with van der Waals surface area (Å²) in [4.78, 5) is 76.3. The molecule has 0 atom stereocenters. The summed E-state index contributed by atoms with van der Waals surface area (Å²) in [5.74, 6) is 5.17. The van der Waals surface area contributed by atoms with Crippen molar-refractivity contribution in [3.8, 4) is 23.3 Å². The van der Waals surface area contributed by atoms with E-state index in [1.165, 1.54) is 31.4 Å². The van der Waals surface area contributed by atoms with Crippen LogP contribution in [0, 0.1) is 31.6 Å². The van der Waals surface area contributed by atoms with Gasteiger partial charge in [-0.25, -0.2) is 14.8 Å². The number of nitrogens with zero attached hydrogens (tertiary/aromatic N) is 9. The van der Waals surface area contributed by atoms with Crippen molar-refractivity contribution < 1.29 is 38.2 Å². The molecule has 1 saturated heterocycles. The largest absolute Gasteiger partial charge is 0.494 e. The Bertz CT molecular complexity index is 3080. The molecular weight excluding hydrogens is 899 g/mol. The second-order valence-corrected chi connectivity index (χ2v) is 17.8. The quantitative estimate of drug-likeness (QED) is 0.0661. The number of hydrogen-bond acceptors (Lipinski definition) is 12. The van der Waals surface area contributed by atoms with E-state index in [1.54, 1.807) is 49.4 Å². The summed E-state index contributed by atoms with van der Waals surface area (Å²) < 4.78 is 24.2. The highest BCUT2D eigenvalue weighted by Crippen LogP contribution is 2.33. The van der Waals surface area contributed by atoms with Crippen LogP contribution in [0.4, 0.5) is 16.7 Å². The molecule has 368 valence electrons. The zero-order chi connectivity index (χ0) is 50.4. The van der Waals surface area contributed by atoms with Crippen LogP contribution >= 0.6 is 0 Å². The molecule has 21 nitrogen and oxygen atoms in total. The number of benzene rings is 2. The summed E-state index contributed by atoms with van der Waals surface area (Å²) in [6.07, 6.45) is 5.52. The van der Waals surface area contributed by atoms with E-state index in [0.717, 1.165) is 12.8 Å². The van der Waals surface area contributed by atoms with Crippen LogP contribution in [0.5, 0.6) is 11.5 Å². The molecule has 0 aliphatic carbocycles. The van der Waals surface area contributed by atoms with Crippen LogP contribution in [0.1, 0.15) is 107 Å². The number of amides is 5. The SMILES string of the molecule is CCn1nc(C)cc1C(=O)Nc1nc2cc(C(N)=O)cc(OC)c2n1C/C=C/Cn1c(NC(=O)c2cc(C)nn2CC)nc2cc(C(N)=O)cc(OCC#CCC3CCN(C(=O)OC(C)(C)C)CC3)c21. The number of nitrogens with one attached hydrogen (secondary N) is 2. The fourth-order valence-electron chi connectivity index (χ4n) is 8.21. The fraction of sp³-hybridized carbons (Fsp3) is 0.408. The second-order valence-electron chi connectivity index (χ2n) is 17.8. The zero-order valence-corrected chi connectivity index (χ0v) is 40.7. The molecule has 0 unspecified atom stereocenters. The number of primary amides is 2. The predicted molar refractivity (Wildman–Crippen MR) is 262 cm³/mol. The Morgan fingerprint density at radius 1 is 0.743 bits per heavy atom. The Labute approximate surface area is 404 Å². The lowest BCUT2D eigenvalue weighted by Gasteiger charge is -2.32. The highest BCUT2D eigenvalue weighted by molar-refractivity contribution is 6.05. The van der Waals surface area contributed by atoms with Crippen LogP contribution in [0.3, 0.4) is 0 Å². The molecule has 0 bridgehead atoms. The van der Waals surface area contributed by atoms with Crippen molar-refractivity contribution in [2.45, 2.75) is 99.5 Å². The molecule has 6 aromatic rings. The van der Waals surface area contributed by atoms with E-state index in [9.17, 15) is 24.0 Å². The highest BCUT2D eigenvalue weighted by atomic mass is 16.6. The average Bonchev–Trinajstić information content (AvgIpc) is 4.08. The van der Waals surface area contributed by atoms with E-state index in [0.29, 0.717) is 89.1 Å². The zero-order valence-electron chi connectivity index (χ0n) is 40.7. The number of imidazole rings is 2. The van der Waals surface area contributed by atoms with Crippen LogP contribution < -0.4 is 31.6 Å². The first-order valence-corrected chi connectivity index (χ1v) is 23.0. The number of methoxy groups -OCH3 is 1. The maximum Gasteiger partial charge on any atom is 0.410 e. The lowest BCUT2D eigenvalue weighted by atomic mass is 9.94. The van der Waals surface area contributed by atoms with Crippen LogP contribution in [0.15, 0.2) is 48.6 Å². The van der Waals surface area contributed by atoms with Gasteiger partial charge in [0.25, 0.3) is 11.8 Å². The molecule has 2 aromatic carbocycles. The first kappa shape index (κ1) is 49.7. The van der Waals surface area contributed by atoms with Gasteiger partial charge in [0, 0.05) is 56.8 Å². The first-order chi connectivity index (χ1) is 33.4. The molecular formula is C49H59N13O8. The molecule has 1 aliphatic heterocycles. The van der Waals surface area contributed by atoms with Crippen LogP contribution in [-0.2, 0) is 30.9 Å². The molecule has 70 heavy (non-hydrogen) atoms. The molecule has 0 radical (unpaired) electrons. The number of anilines is 2. The monoisotopic (exact) mass is 957 g/mol. The Morgan fingerprint density at radius 2 is 1.23 bits per heavy atom. The molecule has 0 saturated carbocycles. The number of carbonyl (C=O) groups excluding carboxylic acids is 5. The van der Waals surface area contributed by atoms with Gasteiger partial charge >= 0.3 is 6.09 Å². The van der Waals surface area contributed by atoms with E-state index >= 15 is 0 Å². The van der Waals surface area contributed by atoms with Crippen molar-refractivity contribution in [2.75, 3.05) is 37.4 Å². The van der Waals surface area contributed by atoms with Crippen LogP contribution in [0.25, 0.3) is 22.1 Å². The molecule has 1 fully saturated rings. The molecule has 5 heterocycles.